The Bertz CT molecular complexity index is 1510. The van der Waals surface area contributed by atoms with Gasteiger partial charge in [0.25, 0.3) is 11.5 Å². The third-order valence-electron chi connectivity index (χ3n) is 6.80. The molecule has 230 valence electrons. The second-order valence-electron chi connectivity index (χ2n) is 9.47. The highest BCUT2D eigenvalue weighted by molar-refractivity contribution is 6.05. The Hall–Kier alpha value is -4.53. The Balaban J connectivity index is 1.65. The molecule has 1 unspecified atom stereocenters. The van der Waals surface area contributed by atoms with E-state index in [1.165, 1.54) is 19.2 Å². The number of aromatic nitrogens is 1. The normalized spacial score (nSPS) is 18.0. The fraction of sp³-hybridized carbons (Fsp3) is 0.321. The number of benzene rings is 2. The zero-order valence-electron chi connectivity index (χ0n) is 22.6. The lowest BCUT2D eigenvalue weighted by atomic mass is 9.93. The van der Waals surface area contributed by atoms with Crippen LogP contribution in [0.4, 0.5) is 32.0 Å². The molecule has 15 heteroatoms. The highest BCUT2D eigenvalue weighted by Crippen LogP contribution is 2.33. The smallest absolute Gasteiger partial charge is 0.497 e. The summed E-state index contributed by atoms with van der Waals surface area (Å²) in [5.41, 5.74) is -0.603. The lowest BCUT2D eigenvalue weighted by Crippen LogP contribution is -2.45. The third kappa shape index (κ3) is 7.28. The minimum absolute atomic E-state index is 0.0749. The number of carbonyl (C=O) groups is 2. The number of hydrogen-bond acceptors (Lipinski definition) is 6. The quantitative estimate of drug-likeness (QED) is 0.363. The molecule has 3 atom stereocenters. The van der Waals surface area contributed by atoms with Gasteiger partial charge in [0, 0.05) is 31.3 Å². The summed E-state index contributed by atoms with van der Waals surface area (Å²) in [7, 11) is 2.32. The predicted molar refractivity (Wildman–Crippen MR) is 140 cm³/mol. The van der Waals surface area contributed by atoms with Crippen LogP contribution in [0.1, 0.15) is 21.8 Å². The van der Waals surface area contributed by atoms with Crippen molar-refractivity contribution in [3.05, 3.63) is 88.3 Å². The van der Waals surface area contributed by atoms with Gasteiger partial charge in [0.1, 0.15) is 23.2 Å². The first kappa shape index (κ1) is 31.4. The minimum Gasteiger partial charge on any atom is -0.497 e. The predicted octanol–water partition coefficient (Wildman–Crippen LogP) is 4.26. The summed E-state index contributed by atoms with van der Waals surface area (Å²) >= 11 is 0. The molecule has 0 bridgehead atoms. The number of carbonyl (C=O) groups excluding carboxylic acids is 2. The Labute approximate surface area is 240 Å². The molecular formula is C28H25F6N3O6. The van der Waals surface area contributed by atoms with Crippen LogP contribution in [0.15, 0.2) is 71.7 Å². The van der Waals surface area contributed by atoms with E-state index in [4.69, 9.17) is 4.74 Å². The van der Waals surface area contributed by atoms with E-state index in [0.717, 1.165) is 47.0 Å². The second-order valence-corrected chi connectivity index (χ2v) is 9.47. The number of hydrogen-bond donors (Lipinski definition) is 1. The minimum atomic E-state index is -4.93. The first-order valence-corrected chi connectivity index (χ1v) is 12.6. The zero-order valence-corrected chi connectivity index (χ0v) is 22.6. The monoisotopic (exact) mass is 613 g/mol. The van der Waals surface area contributed by atoms with Crippen molar-refractivity contribution in [2.45, 2.75) is 37.1 Å². The molecule has 2 aromatic carbocycles. The Morgan fingerprint density at radius 2 is 1.58 bits per heavy atom. The van der Waals surface area contributed by atoms with Crippen molar-refractivity contribution < 1.29 is 50.1 Å². The van der Waals surface area contributed by atoms with Crippen LogP contribution in [0.5, 0.6) is 11.5 Å². The number of ether oxygens (including phenoxy) is 3. The first-order valence-electron chi connectivity index (χ1n) is 12.6. The second kappa shape index (κ2) is 12.4. The van der Waals surface area contributed by atoms with Crippen LogP contribution in [0.2, 0.25) is 0 Å². The maximum atomic E-state index is 13.7. The molecule has 0 saturated carbocycles. The van der Waals surface area contributed by atoms with Gasteiger partial charge in [-0.2, -0.15) is 13.2 Å². The molecule has 1 N–H and O–H groups in total. The van der Waals surface area contributed by atoms with Gasteiger partial charge in [-0.1, -0.05) is 12.1 Å². The standard InChI is InChI=1S/C28H25F6N3O6/c1-41-18-9-5-16(6-10-18)20-14-37(21-4-3-13-36(25(21)39)15-22(42-2)27(29,30)31)26(40)23(20)35-24(38)17-7-11-19(12-8-17)43-28(32,33)34/h3-13,20,22-23H,14-15H2,1-2H3,(H,35,38)/t20-,22?,23-/m0/s1. The molecule has 1 aromatic heterocycles. The van der Waals surface area contributed by atoms with Crippen LogP contribution < -0.4 is 25.2 Å². The molecule has 0 radical (unpaired) electrons. The molecule has 1 saturated heterocycles. The summed E-state index contributed by atoms with van der Waals surface area (Å²) in [4.78, 5) is 41.1. The van der Waals surface area contributed by atoms with E-state index < -0.39 is 60.3 Å². The summed E-state index contributed by atoms with van der Waals surface area (Å²) in [6.07, 6.45) is -10.8. The van der Waals surface area contributed by atoms with Crippen molar-refractivity contribution in [2.24, 2.45) is 0 Å². The average Bonchev–Trinajstić information content (AvgIpc) is 3.26. The molecule has 1 aliphatic rings. The number of halogens is 6. The highest BCUT2D eigenvalue weighted by Gasteiger charge is 2.44. The lowest BCUT2D eigenvalue weighted by Gasteiger charge is -2.21. The summed E-state index contributed by atoms with van der Waals surface area (Å²) in [6.45, 7) is -0.981. The van der Waals surface area contributed by atoms with Gasteiger partial charge >= 0.3 is 12.5 Å². The average molecular weight is 614 g/mol. The molecule has 1 aliphatic heterocycles. The molecule has 0 aliphatic carbocycles. The van der Waals surface area contributed by atoms with E-state index in [2.05, 4.69) is 14.8 Å². The summed E-state index contributed by atoms with van der Waals surface area (Å²) < 4.78 is 91.6. The van der Waals surface area contributed by atoms with E-state index in [1.54, 1.807) is 24.3 Å². The van der Waals surface area contributed by atoms with E-state index >= 15 is 0 Å². The number of nitrogens with one attached hydrogen (secondary N) is 1. The van der Waals surface area contributed by atoms with Gasteiger partial charge in [-0.3, -0.25) is 14.4 Å². The van der Waals surface area contributed by atoms with Gasteiger partial charge in [0.05, 0.1) is 13.7 Å². The van der Waals surface area contributed by atoms with Crippen molar-refractivity contribution in [2.75, 3.05) is 25.7 Å². The number of alkyl halides is 6. The largest absolute Gasteiger partial charge is 0.573 e. The van der Waals surface area contributed by atoms with Crippen LogP contribution in [0, 0.1) is 0 Å². The number of rotatable bonds is 9. The van der Waals surface area contributed by atoms with Gasteiger partial charge in [0.15, 0.2) is 6.10 Å². The summed E-state index contributed by atoms with van der Waals surface area (Å²) in [5, 5.41) is 2.58. The van der Waals surface area contributed by atoms with Gasteiger partial charge < -0.3 is 29.0 Å². The Morgan fingerprint density at radius 3 is 2.14 bits per heavy atom. The Morgan fingerprint density at radius 1 is 0.953 bits per heavy atom. The molecule has 0 spiro atoms. The Kier molecular flexibility index (Phi) is 9.04. The van der Waals surface area contributed by atoms with Crippen LogP contribution in [-0.4, -0.2) is 61.8 Å². The maximum absolute atomic E-state index is 13.7. The highest BCUT2D eigenvalue weighted by atomic mass is 19.4. The molecule has 4 rings (SSSR count). The third-order valence-corrected chi connectivity index (χ3v) is 6.80. The van der Waals surface area contributed by atoms with Gasteiger partial charge in [-0.05, 0) is 54.1 Å². The molecule has 1 fully saturated rings. The molecule has 9 nitrogen and oxygen atoms in total. The number of anilines is 1. The lowest BCUT2D eigenvalue weighted by molar-refractivity contribution is -0.274. The van der Waals surface area contributed by atoms with E-state index in [-0.39, 0.29) is 17.8 Å². The van der Waals surface area contributed by atoms with E-state index in [0.29, 0.717) is 11.3 Å². The molecule has 43 heavy (non-hydrogen) atoms. The van der Waals surface area contributed by atoms with Crippen molar-refractivity contribution in [1.29, 1.82) is 0 Å². The van der Waals surface area contributed by atoms with Crippen LogP contribution in [-0.2, 0) is 16.1 Å². The fourth-order valence-electron chi connectivity index (χ4n) is 4.66. The maximum Gasteiger partial charge on any atom is 0.573 e. The fourth-order valence-corrected chi connectivity index (χ4v) is 4.66. The SMILES string of the molecule is COc1ccc([C@@H]2CN(c3cccn(CC(OC)C(F)(F)F)c3=O)C(=O)[C@H]2NC(=O)c2ccc(OC(F)(F)F)cc2)cc1. The van der Waals surface area contributed by atoms with Crippen molar-refractivity contribution in [3.63, 3.8) is 0 Å². The van der Waals surface area contributed by atoms with Gasteiger partial charge in [-0.15, -0.1) is 13.2 Å². The molecule has 2 amide bonds. The van der Waals surface area contributed by atoms with Crippen LogP contribution in [0.25, 0.3) is 0 Å². The van der Waals surface area contributed by atoms with Crippen LogP contribution >= 0.6 is 0 Å². The number of amides is 2. The topological polar surface area (TPSA) is 99.1 Å². The van der Waals surface area contributed by atoms with Gasteiger partial charge in [-0.25, -0.2) is 0 Å². The molecular weight excluding hydrogens is 588 g/mol. The zero-order chi connectivity index (χ0) is 31.5. The number of nitrogens with zero attached hydrogens (tertiary/aromatic N) is 2. The first-order chi connectivity index (χ1) is 20.2. The van der Waals surface area contributed by atoms with Crippen molar-refractivity contribution in [1.82, 2.24) is 9.88 Å². The molecule has 3 aromatic rings. The van der Waals surface area contributed by atoms with E-state index in [1.807, 2.05) is 0 Å². The van der Waals surface area contributed by atoms with E-state index in [9.17, 15) is 40.7 Å². The van der Waals surface area contributed by atoms with Crippen LogP contribution in [0.3, 0.4) is 0 Å². The summed E-state index contributed by atoms with van der Waals surface area (Å²) in [5.74, 6) is -2.29. The number of methoxy groups -OCH3 is 2. The van der Waals surface area contributed by atoms with Gasteiger partial charge in [0.2, 0.25) is 5.91 Å². The van der Waals surface area contributed by atoms with Crippen molar-refractivity contribution in [3.8, 4) is 11.5 Å². The summed E-state index contributed by atoms with van der Waals surface area (Å²) in [6, 6.07) is 11.9. The van der Waals surface area contributed by atoms with Crippen molar-refractivity contribution >= 4 is 17.5 Å². The molecule has 2 heterocycles. The number of pyridine rings is 1.